The number of nitrogens with zero attached hydrogens (tertiary/aromatic N) is 4. The molecule has 1 aliphatic rings. The number of anilines is 2. The fourth-order valence-corrected chi connectivity index (χ4v) is 3.14. The summed E-state index contributed by atoms with van der Waals surface area (Å²) in [4.78, 5) is 22.1. The molecule has 27 heavy (non-hydrogen) atoms. The first-order valence-electron chi connectivity index (χ1n) is 8.06. The van der Waals surface area contributed by atoms with Crippen LogP contribution in [0.25, 0.3) is 0 Å². The molecule has 0 spiro atoms. The molecule has 8 nitrogen and oxygen atoms in total. The van der Waals surface area contributed by atoms with Gasteiger partial charge in [-0.1, -0.05) is 11.6 Å². The van der Waals surface area contributed by atoms with Gasteiger partial charge in [0.05, 0.1) is 29.8 Å². The van der Waals surface area contributed by atoms with E-state index >= 15 is 0 Å². The van der Waals surface area contributed by atoms with E-state index in [9.17, 15) is 9.18 Å². The van der Waals surface area contributed by atoms with Crippen LogP contribution in [0.15, 0.2) is 35.5 Å². The molecule has 10 heteroatoms. The molecule has 0 amide bonds. The standard InChI is InChI=1S/C17H14ClFN6O2/c18-15-13(6-23-24-16(15)26)25-4-3-10-12(7-25)21-8-22-17(10)27-14-2-1-9(19)5-11(14)20/h1-2,5-6,8H,3-4,7,20H2,(H,24,26). The van der Waals surface area contributed by atoms with E-state index in [1.807, 2.05) is 4.90 Å². The van der Waals surface area contributed by atoms with Crippen molar-refractivity contribution < 1.29 is 9.13 Å². The third-order valence-corrected chi connectivity index (χ3v) is 4.63. The zero-order valence-electron chi connectivity index (χ0n) is 13.9. The maximum absolute atomic E-state index is 13.2. The second kappa shape index (κ2) is 6.84. The largest absolute Gasteiger partial charge is 0.436 e. The first-order valence-corrected chi connectivity index (χ1v) is 8.44. The zero-order chi connectivity index (χ0) is 19.0. The topological polar surface area (TPSA) is 110 Å². The minimum atomic E-state index is -0.446. The third-order valence-electron chi connectivity index (χ3n) is 4.26. The highest BCUT2D eigenvalue weighted by molar-refractivity contribution is 6.33. The van der Waals surface area contributed by atoms with E-state index in [2.05, 4.69) is 20.2 Å². The first kappa shape index (κ1) is 17.2. The third kappa shape index (κ3) is 3.28. The molecule has 3 heterocycles. The van der Waals surface area contributed by atoms with Crippen molar-refractivity contribution in [1.29, 1.82) is 0 Å². The lowest BCUT2D eigenvalue weighted by atomic mass is 10.1. The maximum atomic E-state index is 13.2. The Bertz CT molecular complexity index is 1070. The summed E-state index contributed by atoms with van der Waals surface area (Å²) >= 11 is 6.10. The van der Waals surface area contributed by atoms with Crippen molar-refractivity contribution in [2.24, 2.45) is 0 Å². The van der Waals surface area contributed by atoms with E-state index in [1.54, 1.807) is 0 Å². The van der Waals surface area contributed by atoms with Gasteiger partial charge in [0.2, 0.25) is 5.88 Å². The number of H-pyrrole nitrogens is 1. The highest BCUT2D eigenvalue weighted by Gasteiger charge is 2.24. The average Bonchev–Trinajstić information content (AvgIpc) is 2.66. The van der Waals surface area contributed by atoms with E-state index in [4.69, 9.17) is 22.1 Å². The lowest BCUT2D eigenvalue weighted by molar-refractivity contribution is 0.450. The van der Waals surface area contributed by atoms with Gasteiger partial charge in [0, 0.05) is 18.2 Å². The summed E-state index contributed by atoms with van der Waals surface area (Å²) in [7, 11) is 0. The van der Waals surface area contributed by atoms with E-state index in [1.165, 1.54) is 30.7 Å². The average molecular weight is 389 g/mol. The molecule has 0 fully saturated rings. The molecule has 0 aliphatic carbocycles. The van der Waals surface area contributed by atoms with E-state index < -0.39 is 11.4 Å². The van der Waals surface area contributed by atoms with Crippen molar-refractivity contribution in [2.75, 3.05) is 17.2 Å². The number of rotatable bonds is 3. The summed E-state index contributed by atoms with van der Waals surface area (Å²) < 4.78 is 19.0. The summed E-state index contributed by atoms with van der Waals surface area (Å²) in [5.74, 6) is 0.248. The molecule has 0 saturated heterocycles. The molecule has 2 aromatic heterocycles. The SMILES string of the molecule is Nc1cc(F)ccc1Oc1ncnc2c1CCN(c1cn[nH]c(=O)c1Cl)C2. The summed E-state index contributed by atoms with van der Waals surface area (Å²) in [5.41, 5.74) is 7.64. The maximum Gasteiger partial charge on any atom is 0.285 e. The zero-order valence-corrected chi connectivity index (χ0v) is 14.7. The van der Waals surface area contributed by atoms with Gasteiger partial charge in [-0.05, 0) is 18.6 Å². The quantitative estimate of drug-likeness (QED) is 0.662. The van der Waals surface area contributed by atoms with Gasteiger partial charge in [-0.15, -0.1) is 0 Å². The van der Waals surface area contributed by atoms with Crippen LogP contribution in [0.1, 0.15) is 11.3 Å². The number of halogens is 2. The molecule has 0 bridgehead atoms. The Hall–Kier alpha value is -3.20. The van der Waals surface area contributed by atoms with Crippen molar-refractivity contribution >= 4 is 23.0 Å². The number of nitrogen functional groups attached to an aromatic ring is 1. The lowest BCUT2D eigenvalue weighted by Crippen LogP contribution is -2.33. The van der Waals surface area contributed by atoms with Crippen LogP contribution in [0, 0.1) is 5.82 Å². The van der Waals surface area contributed by atoms with Crippen molar-refractivity contribution in [1.82, 2.24) is 20.2 Å². The Balaban J connectivity index is 1.63. The summed E-state index contributed by atoms with van der Waals surface area (Å²) in [6, 6.07) is 3.91. The number of nitrogens with two attached hydrogens (primary N) is 1. The smallest absolute Gasteiger partial charge is 0.285 e. The summed E-state index contributed by atoms with van der Waals surface area (Å²) in [5, 5.41) is 6.18. The van der Waals surface area contributed by atoms with Gasteiger partial charge >= 0.3 is 0 Å². The van der Waals surface area contributed by atoms with Gasteiger partial charge in [-0.3, -0.25) is 4.79 Å². The number of aromatic nitrogens is 4. The van der Waals surface area contributed by atoms with E-state index in [0.29, 0.717) is 36.8 Å². The second-order valence-electron chi connectivity index (χ2n) is 5.96. The number of fused-ring (bicyclic) bond motifs is 1. The van der Waals surface area contributed by atoms with Gasteiger partial charge in [-0.2, -0.15) is 5.10 Å². The van der Waals surface area contributed by atoms with Gasteiger partial charge in [0.15, 0.2) is 5.75 Å². The number of hydrogen-bond donors (Lipinski definition) is 2. The van der Waals surface area contributed by atoms with Gasteiger partial charge in [0.1, 0.15) is 17.2 Å². The molecule has 3 N–H and O–H groups in total. The number of nitrogens with one attached hydrogen (secondary N) is 1. The Morgan fingerprint density at radius 1 is 1.33 bits per heavy atom. The number of aromatic amines is 1. The Morgan fingerprint density at radius 3 is 3.00 bits per heavy atom. The van der Waals surface area contributed by atoms with Crippen LogP contribution in [0.5, 0.6) is 11.6 Å². The molecule has 1 aliphatic heterocycles. The van der Waals surface area contributed by atoms with Crippen LogP contribution in [-0.4, -0.2) is 26.7 Å². The van der Waals surface area contributed by atoms with Crippen LogP contribution >= 0.6 is 11.6 Å². The van der Waals surface area contributed by atoms with Crippen LogP contribution in [0.4, 0.5) is 15.8 Å². The second-order valence-corrected chi connectivity index (χ2v) is 6.34. The Labute approximate surface area is 157 Å². The first-order chi connectivity index (χ1) is 13.0. The molecule has 138 valence electrons. The van der Waals surface area contributed by atoms with Crippen LogP contribution in [0.3, 0.4) is 0 Å². The highest BCUT2D eigenvalue weighted by atomic mass is 35.5. The van der Waals surface area contributed by atoms with Crippen LogP contribution < -0.4 is 20.9 Å². The molecule has 3 aromatic rings. The minimum Gasteiger partial charge on any atom is -0.436 e. The van der Waals surface area contributed by atoms with Gasteiger partial charge in [0.25, 0.3) is 5.56 Å². The normalized spacial score (nSPS) is 13.3. The van der Waals surface area contributed by atoms with Gasteiger partial charge < -0.3 is 15.4 Å². The Morgan fingerprint density at radius 2 is 2.19 bits per heavy atom. The molecule has 0 unspecified atom stereocenters. The molecule has 0 atom stereocenters. The highest BCUT2D eigenvalue weighted by Crippen LogP contribution is 2.33. The van der Waals surface area contributed by atoms with Crippen molar-refractivity contribution in [3.63, 3.8) is 0 Å². The predicted octanol–water partition coefficient (Wildman–Crippen LogP) is 2.29. The summed E-state index contributed by atoms with van der Waals surface area (Å²) in [6.45, 7) is 0.985. The van der Waals surface area contributed by atoms with Gasteiger partial charge in [-0.25, -0.2) is 19.5 Å². The fraction of sp³-hybridized carbons (Fsp3) is 0.176. The molecule has 0 saturated carbocycles. The minimum absolute atomic E-state index is 0.0815. The molecule has 4 rings (SSSR count). The number of benzene rings is 1. The fourth-order valence-electron chi connectivity index (χ4n) is 2.93. The number of ether oxygens (including phenoxy) is 1. The van der Waals surface area contributed by atoms with E-state index in [0.717, 1.165) is 11.3 Å². The van der Waals surface area contributed by atoms with Crippen LogP contribution in [0.2, 0.25) is 5.02 Å². The van der Waals surface area contributed by atoms with Crippen molar-refractivity contribution in [3.8, 4) is 11.6 Å². The van der Waals surface area contributed by atoms with Crippen LogP contribution in [-0.2, 0) is 13.0 Å². The lowest BCUT2D eigenvalue weighted by Gasteiger charge is -2.30. The van der Waals surface area contributed by atoms with Crippen molar-refractivity contribution in [3.05, 3.63) is 63.2 Å². The Kier molecular flexibility index (Phi) is 4.36. The molecule has 0 radical (unpaired) electrons. The molecular weight excluding hydrogens is 375 g/mol. The molecule has 1 aromatic carbocycles. The number of hydrogen-bond acceptors (Lipinski definition) is 7. The van der Waals surface area contributed by atoms with Crippen molar-refractivity contribution in [2.45, 2.75) is 13.0 Å². The predicted molar refractivity (Wildman–Crippen MR) is 97.5 cm³/mol. The summed E-state index contributed by atoms with van der Waals surface area (Å²) in [6.07, 6.45) is 3.46. The molecular formula is C17H14ClFN6O2. The monoisotopic (exact) mass is 388 g/mol. The van der Waals surface area contributed by atoms with E-state index in [-0.39, 0.29) is 10.7 Å².